The number of carbonyl (C=O) groups is 2. The molecule has 17 heavy (non-hydrogen) atoms. The van der Waals surface area contributed by atoms with Crippen LogP contribution < -0.4 is 0 Å². The topological polar surface area (TPSA) is 70.5 Å². The number of hydrogen-bond donors (Lipinski definition) is 1. The Hall–Kier alpha value is -1.91. The Balaban J connectivity index is 2.75. The van der Waals surface area contributed by atoms with Gasteiger partial charge in [-0.2, -0.15) is 0 Å². The highest BCUT2D eigenvalue weighted by Gasteiger charge is 2.16. The van der Waals surface area contributed by atoms with Crippen LogP contribution in [-0.2, 0) is 4.79 Å². The lowest BCUT2D eigenvalue weighted by molar-refractivity contribution is -0.137. The Labute approximate surface area is 100 Å². The van der Waals surface area contributed by atoms with Crippen molar-refractivity contribution in [3.63, 3.8) is 0 Å². The molecule has 0 fully saturated rings. The van der Waals surface area contributed by atoms with Gasteiger partial charge in [0.25, 0.3) is 5.91 Å². The van der Waals surface area contributed by atoms with Gasteiger partial charge < -0.3 is 10.0 Å². The van der Waals surface area contributed by atoms with Crippen LogP contribution in [0.25, 0.3) is 0 Å². The zero-order chi connectivity index (χ0) is 12.8. The number of carboxylic acids is 1. The number of aromatic nitrogens is 1. The largest absolute Gasteiger partial charge is 0.481 e. The molecule has 0 aliphatic heterocycles. The molecule has 0 aromatic carbocycles. The number of carboxylic acid groups (broad SMARTS) is 1. The van der Waals surface area contributed by atoms with Gasteiger partial charge in [-0.25, -0.2) is 4.98 Å². The first kappa shape index (κ1) is 13.2. The van der Waals surface area contributed by atoms with Crippen LogP contribution in [0.4, 0.5) is 0 Å². The van der Waals surface area contributed by atoms with Gasteiger partial charge in [-0.3, -0.25) is 9.59 Å². The minimum atomic E-state index is -0.909. The number of carbonyl (C=O) groups excluding carboxylic acids is 1. The van der Waals surface area contributed by atoms with Gasteiger partial charge >= 0.3 is 5.97 Å². The van der Waals surface area contributed by atoms with E-state index in [0.717, 1.165) is 5.69 Å². The molecule has 0 aliphatic carbocycles. The summed E-state index contributed by atoms with van der Waals surface area (Å²) >= 11 is 0. The molecular weight excluding hydrogens is 220 g/mol. The van der Waals surface area contributed by atoms with Crippen LogP contribution in [0.5, 0.6) is 0 Å². The van der Waals surface area contributed by atoms with Gasteiger partial charge in [0.2, 0.25) is 0 Å². The van der Waals surface area contributed by atoms with E-state index in [2.05, 4.69) is 4.98 Å². The number of rotatable bonds is 5. The molecule has 1 aromatic rings. The van der Waals surface area contributed by atoms with Crippen molar-refractivity contribution in [2.24, 2.45) is 0 Å². The normalized spacial score (nSPS) is 10.0. The Morgan fingerprint density at radius 1 is 1.41 bits per heavy atom. The predicted octanol–water partition coefficient (Wildman–Crippen LogP) is 1.33. The average Bonchev–Trinajstić information content (AvgIpc) is 2.29. The molecule has 0 bridgehead atoms. The van der Waals surface area contributed by atoms with E-state index in [1.165, 1.54) is 4.90 Å². The lowest BCUT2D eigenvalue weighted by Gasteiger charge is -2.19. The maximum absolute atomic E-state index is 12.0. The average molecular weight is 236 g/mol. The molecule has 0 saturated heterocycles. The molecular formula is C12H16N2O3. The molecule has 92 valence electrons. The molecule has 1 aromatic heterocycles. The number of aryl methyl sites for hydroxylation is 1. The van der Waals surface area contributed by atoms with Gasteiger partial charge in [0.1, 0.15) is 5.69 Å². The van der Waals surface area contributed by atoms with Crippen molar-refractivity contribution in [1.29, 1.82) is 0 Å². The summed E-state index contributed by atoms with van der Waals surface area (Å²) in [6, 6.07) is 5.21. The Morgan fingerprint density at radius 3 is 2.65 bits per heavy atom. The summed E-state index contributed by atoms with van der Waals surface area (Å²) in [4.78, 5) is 28.1. The molecule has 0 unspecified atom stereocenters. The van der Waals surface area contributed by atoms with Gasteiger partial charge in [0.05, 0.1) is 6.42 Å². The molecule has 5 heteroatoms. The van der Waals surface area contributed by atoms with Crippen molar-refractivity contribution < 1.29 is 14.7 Å². The summed E-state index contributed by atoms with van der Waals surface area (Å²) in [6.45, 7) is 4.31. The van der Waals surface area contributed by atoms with Gasteiger partial charge in [0, 0.05) is 18.8 Å². The molecule has 0 saturated carbocycles. The highest BCUT2D eigenvalue weighted by molar-refractivity contribution is 5.92. The van der Waals surface area contributed by atoms with Crippen LogP contribution in [0.2, 0.25) is 0 Å². The molecule has 5 nitrogen and oxygen atoms in total. The minimum absolute atomic E-state index is 0.0502. The molecule has 1 amide bonds. The molecule has 0 radical (unpaired) electrons. The van der Waals surface area contributed by atoms with Crippen LogP contribution in [0, 0.1) is 6.92 Å². The smallest absolute Gasteiger partial charge is 0.305 e. The van der Waals surface area contributed by atoms with E-state index in [0.29, 0.717) is 12.2 Å². The molecule has 1 heterocycles. The van der Waals surface area contributed by atoms with Crippen LogP contribution in [0.1, 0.15) is 29.5 Å². The van der Waals surface area contributed by atoms with Gasteiger partial charge in [0.15, 0.2) is 0 Å². The third-order valence-electron chi connectivity index (χ3n) is 2.37. The number of amides is 1. The highest BCUT2D eigenvalue weighted by atomic mass is 16.4. The Morgan fingerprint density at radius 2 is 2.12 bits per heavy atom. The van der Waals surface area contributed by atoms with E-state index in [-0.39, 0.29) is 18.9 Å². The van der Waals surface area contributed by atoms with Gasteiger partial charge in [-0.1, -0.05) is 6.07 Å². The summed E-state index contributed by atoms with van der Waals surface area (Å²) in [6.07, 6.45) is -0.0502. The minimum Gasteiger partial charge on any atom is -0.481 e. The van der Waals surface area contributed by atoms with Crippen LogP contribution >= 0.6 is 0 Å². The van der Waals surface area contributed by atoms with Gasteiger partial charge in [-0.15, -0.1) is 0 Å². The van der Waals surface area contributed by atoms with E-state index in [1.807, 2.05) is 19.9 Å². The van der Waals surface area contributed by atoms with E-state index < -0.39 is 5.97 Å². The Kier molecular flexibility index (Phi) is 4.63. The zero-order valence-corrected chi connectivity index (χ0v) is 10.0. The van der Waals surface area contributed by atoms with E-state index in [1.54, 1.807) is 12.1 Å². The fourth-order valence-electron chi connectivity index (χ4n) is 1.46. The molecule has 1 N–H and O–H groups in total. The second-order valence-electron chi connectivity index (χ2n) is 3.69. The third-order valence-corrected chi connectivity index (χ3v) is 2.37. The summed E-state index contributed by atoms with van der Waals surface area (Å²) < 4.78 is 0. The number of pyridine rings is 1. The quantitative estimate of drug-likeness (QED) is 0.837. The van der Waals surface area contributed by atoms with E-state index in [4.69, 9.17) is 5.11 Å². The summed E-state index contributed by atoms with van der Waals surface area (Å²) in [5, 5.41) is 8.60. The molecule has 0 spiro atoms. The second kappa shape index (κ2) is 5.98. The second-order valence-corrected chi connectivity index (χ2v) is 3.69. The monoisotopic (exact) mass is 236 g/mol. The first-order chi connectivity index (χ1) is 8.04. The maximum Gasteiger partial charge on any atom is 0.305 e. The molecule has 0 atom stereocenters. The summed E-state index contributed by atoms with van der Waals surface area (Å²) in [5.41, 5.74) is 1.13. The van der Waals surface area contributed by atoms with Crippen LogP contribution in [0.3, 0.4) is 0 Å². The van der Waals surface area contributed by atoms with Crippen molar-refractivity contribution in [3.8, 4) is 0 Å². The number of hydrogen-bond acceptors (Lipinski definition) is 3. The van der Waals surface area contributed by atoms with E-state index in [9.17, 15) is 9.59 Å². The van der Waals surface area contributed by atoms with Gasteiger partial charge in [-0.05, 0) is 26.0 Å². The Bertz CT molecular complexity index is 418. The maximum atomic E-state index is 12.0. The third kappa shape index (κ3) is 3.86. The van der Waals surface area contributed by atoms with Crippen molar-refractivity contribution in [2.45, 2.75) is 20.3 Å². The molecule has 1 rings (SSSR count). The highest BCUT2D eigenvalue weighted by Crippen LogP contribution is 2.04. The van der Waals surface area contributed by atoms with Crippen molar-refractivity contribution in [2.75, 3.05) is 13.1 Å². The summed E-state index contributed by atoms with van der Waals surface area (Å²) in [7, 11) is 0. The fraction of sp³-hybridized carbons (Fsp3) is 0.417. The van der Waals surface area contributed by atoms with Crippen molar-refractivity contribution in [3.05, 3.63) is 29.6 Å². The SMILES string of the molecule is CCN(CCC(=O)O)C(=O)c1cccc(C)n1. The number of aliphatic carboxylic acids is 1. The fourth-order valence-corrected chi connectivity index (χ4v) is 1.46. The summed E-state index contributed by atoms with van der Waals surface area (Å²) in [5.74, 6) is -1.13. The molecule has 0 aliphatic rings. The van der Waals surface area contributed by atoms with E-state index >= 15 is 0 Å². The zero-order valence-electron chi connectivity index (χ0n) is 10.0. The van der Waals surface area contributed by atoms with Crippen LogP contribution in [0.15, 0.2) is 18.2 Å². The first-order valence-electron chi connectivity index (χ1n) is 5.49. The van der Waals surface area contributed by atoms with Crippen molar-refractivity contribution in [1.82, 2.24) is 9.88 Å². The lowest BCUT2D eigenvalue weighted by Crippen LogP contribution is -2.33. The van der Waals surface area contributed by atoms with Crippen LogP contribution in [-0.4, -0.2) is 40.0 Å². The lowest BCUT2D eigenvalue weighted by atomic mass is 10.2. The standard InChI is InChI=1S/C12H16N2O3/c1-3-14(8-7-11(15)16)12(17)10-6-4-5-9(2)13-10/h4-6H,3,7-8H2,1-2H3,(H,15,16). The first-order valence-corrected chi connectivity index (χ1v) is 5.49. The van der Waals surface area contributed by atoms with Crippen molar-refractivity contribution >= 4 is 11.9 Å². The predicted molar refractivity (Wildman–Crippen MR) is 62.8 cm³/mol. The number of nitrogens with zero attached hydrogens (tertiary/aromatic N) is 2.